The average Bonchev–Trinajstić information content (AvgIpc) is 2.63. The van der Waals surface area contributed by atoms with E-state index in [4.69, 9.17) is 11.6 Å². The molecule has 1 aliphatic heterocycles. The molecule has 1 unspecified atom stereocenters. The van der Waals surface area contributed by atoms with E-state index in [0.717, 1.165) is 17.8 Å². The zero-order valence-electron chi connectivity index (χ0n) is 9.32. The van der Waals surface area contributed by atoms with Crippen molar-refractivity contribution in [2.24, 2.45) is 5.92 Å². The number of hydrogen-bond acceptors (Lipinski definition) is 2. The van der Waals surface area contributed by atoms with Gasteiger partial charge in [-0.05, 0) is 24.5 Å². The second-order valence-corrected chi connectivity index (χ2v) is 4.57. The Kier molecular flexibility index (Phi) is 3.44. The summed E-state index contributed by atoms with van der Waals surface area (Å²) in [6.07, 6.45) is 2.34. The van der Waals surface area contributed by atoms with E-state index in [2.05, 4.69) is 4.98 Å². The largest absolute Gasteiger partial charge is 0.336 e. The average molecular weight is 239 g/mol. The molecule has 0 bridgehead atoms. The van der Waals surface area contributed by atoms with Gasteiger partial charge in [-0.3, -0.25) is 9.78 Å². The Bertz CT molecular complexity index is 394. The minimum atomic E-state index is 0.190. The number of carbonyl (C=O) groups is 1. The van der Waals surface area contributed by atoms with Crippen LogP contribution < -0.4 is 0 Å². The van der Waals surface area contributed by atoms with Gasteiger partial charge >= 0.3 is 0 Å². The van der Waals surface area contributed by atoms with Crippen LogP contribution in [0, 0.1) is 12.8 Å². The van der Waals surface area contributed by atoms with Crippen LogP contribution in [0.1, 0.15) is 17.7 Å². The Morgan fingerprint density at radius 1 is 1.62 bits per heavy atom. The highest BCUT2D eigenvalue weighted by Gasteiger charge is 2.29. The molecule has 2 heterocycles. The third kappa shape index (κ3) is 2.35. The molecule has 0 aliphatic carbocycles. The molecule has 3 nitrogen and oxygen atoms in total. The molecule has 86 valence electrons. The molecule has 1 aliphatic rings. The third-order valence-electron chi connectivity index (χ3n) is 2.97. The van der Waals surface area contributed by atoms with Crippen molar-refractivity contribution in [1.82, 2.24) is 9.88 Å². The predicted molar refractivity (Wildman–Crippen MR) is 63.2 cm³/mol. The number of aromatic nitrogens is 1. The number of nitrogens with zero attached hydrogens (tertiary/aromatic N) is 2. The number of hydrogen-bond donors (Lipinski definition) is 0. The van der Waals surface area contributed by atoms with E-state index in [0.29, 0.717) is 24.8 Å². The fraction of sp³-hybridized carbons (Fsp3) is 0.500. The SMILES string of the molecule is Cc1cccnc1CN1CC(CCl)CC1=O. The smallest absolute Gasteiger partial charge is 0.223 e. The molecule has 1 amide bonds. The molecular formula is C12H15ClN2O. The van der Waals surface area contributed by atoms with Gasteiger partial charge < -0.3 is 4.90 Å². The second-order valence-electron chi connectivity index (χ2n) is 4.27. The van der Waals surface area contributed by atoms with Crippen LogP contribution in [0.25, 0.3) is 0 Å². The van der Waals surface area contributed by atoms with Crippen LogP contribution in [-0.4, -0.2) is 28.2 Å². The summed E-state index contributed by atoms with van der Waals surface area (Å²) >= 11 is 5.78. The Labute approximate surface area is 100 Å². The van der Waals surface area contributed by atoms with Crippen LogP contribution in [0.3, 0.4) is 0 Å². The van der Waals surface area contributed by atoms with E-state index >= 15 is 0 Å². The van der Waals surface area contributed by atoms with E-state index < -0.39 is 0 Å². The quantitative estimate of drug-likeness (QED) is 0.755. The summed E-state index contributed by atoms with van der Waals surface area (Å²) < 4.78 is 0. The zero-order chi connectivity index (χ0) is 11.5. The summed E-state index contributed by atoms with van der Waals surface area (Å²) in [6.45, 7) is 3.39. The monoisotopic (exact) mass is 238 g/mol. The van der Waals surface area contributed by atoms with Crippen molar-refractivity contribution in [2.75, 3.05) is 12.4 Å². The highest BCUT2D eigenvalue weighted by atomic mass is 35.5. The Hall–Kier alpha value is -1.09. The fourth-order valence-corrected chi connectivity index (χ4v) is 2.18. The standard InChI is InChI=1S/C12H15ClN2O/c1-9-3-2-4-14-11(9)8-15-7-10(6-13)5-12(15)16/h2-4,10H,5-8H2,1H3. The van der Waals surface area contributed by atoms with Gasteiger partial charge in [0, 0.05) is 25.0 Å². The van der Waals surface area contributed by atoms with Gasteiger partial charge in [0.15, 0.2) is 0 Å². The van der Waals surface area contributed by atoms with Gasteiger partial charge in [0.25, 0.3) is 0 Å². The van der Waals surface area contributed by atoms with Gasteiger partial charge in [-0.2, -0.15) is 0 Å². The molecule has 16 heavy (non-hydrogen) atoms. The lowest BCUT2D eigenvalue weighted by atomic mass is 10.1. The van der Waals surface area contributed by atoms with Gasteiger partial charge in [-0.1, -0.05) is 6.07 Å². The highest BCUT2D eigenvalue weighted by molar-refractivity contribution is 6.18. The van der Waals surface area contributed by atoms with Crippen LogP contribution in [-0.2, 0) is 11.3 Å². The minimum Gasteiger partial charge on any atom is -0.336 e. The molecule has 1 fully saturated rings. The van der Waals surface area contributed by atoms with Gasteiger partial charge in [-0.25, -0.2) is 0 Å². The summed E-state index contributed by atoms with van der Waals surface area (Å²) in [5.41, 5.74) is 2.11. The van der Waals surface area contributed by atoms with Crippen molar-refractivity contribution < 1.29 is 4.79 Å². The summed E-state index contributed by atoms with van der Waals surface area (Å²) in [4.78, 5) is 17.8. The van der Waals surface area contributed by atoms with Crippen LogP contribution >= 0.6 is 11.6 Å². The lowest BCUT2D eigenvalue weighted by Gasteiger charge is -2.16. The van der Waals surface area contributed by atoms with Crippen molar-refractivity contribution in [3.05, 3.63) is 29.6 Å². The van der Waals surface area contributed by atoms with Crippen LogP contribution in [0.4, 0.5) is 0 Å². The van der Waals surface area contributed by atoms with Gasteiger partial charge in [0.1, 0.15) is 0 Å². The number of alkyl halides is 1. The molecule has 1 saturated heterocycles. The molecule has 1 atom stereocenters. The number of aryl methyl sites for hydroxylation is 1. The van der Waals surface area contributed by atoms with E-state index in [1.54, 1.807) is 6.20 Å². The molecule has 0 saturated carbocycles. The van der Waals surface area contributed by atoms with E-state index in [1.165, 1.54) is 0 Å². The van der Waals surface area contributed by atoms with Gasteiger partial charge in [0.05, 0.1) is 12.2 Å². The topological polar surface area (TPSA) is 33.2 Å². The number of rotatable bonds is 3. The van der Waals surface area contributed by atoms with Crippen molar-refractivity contribution in [3.63, 3.8) is 0 Å². The lowest BCUT2D eigenvalue weighted by Crippen LogP contribution is -2.25. The molecular weight excluding hydrogens is 224 g/mol. The number of likely N-dealkylation sites (tertiary alicyclic amines) is 1. The van der Waals surface area contributed by atoms with E-state index in [9.17, 15) is 4.79 Å². The summed E-state index contributed by atoms with van der Waals surface area (Å²) in [7, 11) is 0. The Morgan fingerprint density at radius 3 is 3.06 bits per heavy atom. The Morgan fingerprint density at radius 2 is 2.44 bits per heavy atom. The van der Waals surface area contributed by atoms with Gasteiger partial charge in [-0.15, -0.1) is 11.6 Å². The van der Waals surface area contributed by atoms with Crippen LogP contribution in [0.2, 0.25) is 0 Å². The maximum Gasteiger partial charge on any atom is 0.223 e. The Balaban J connectivity index is 2.06. The number of carbonyl (C=O) groups excluding carboxylic acids is 1. The van der Waals surface area contributed by atoms with Crippen molar-refractivity contribution >= 4 is 17.5 Å². The van der Waals surface area contributed by atoms with E-state index in [-0.39, 0.29) is 5.91 Å². The molecule has 0 aromatic carbocycles. The van der Waals surface area contributed by atoms with Crippen molar-refractivity contribution in [1.29, 1.82) is 0 Å². The summed E-state index contributed by atoms with van der Waals surface area (Å²) in [6, 6.07) is 3.92. The first kappa shape index (κ1) is 11.4. The molecule has 2 rings (SSSR count). The molecule has 0 spiro atoms. The number of pyridine rings is 1. The number of amides is 1. The molecule has 1 aromatic rings. The molecule has 0 N–H and O–H groups in total. The molecule has 0 radical (unpaired) electrons. The first-order valence-corrected chi connectivity index (χ1v) is 5.98. The van der Waals surface area contributed by atoms with Crippen LogP contribution in [0.5, 0.6) is 0 Å². The summed E-state index contributed by atoms with van der Waals surface area (Å²) in [5.74, 6) is 1.05. The van der Waals surface area contributed by atoms with Crippen molar-refractivity contribution in [3.8, 4) is 0 Å². The lowest BCUT2D eigenvalue weighted by molar-refractivity contribution is -0.128. The normalized spacial score (nSPS) is 20.5. The maximum atomic E-state index is 11.7. The second kappa shape index (κ2) is 4.83. The highest BCUT2D eigenvalue weighted by Crippen LogP contribution is 2.21. The van der Waals surface area contributed by atoms with Gasteiger partial charge in [0.2, 0.25) is 5.91 Å². The van der Waals surface area contributed by atoms with Crippen LogP contribution in [0.15, 0.2) is 18.3 Å². The first-order chi connectivity index (χ1) is 7.70. The van der Waals surface area contributed by atoms with E-state index in [1.807, 2.05) is 24.0 Å². The zero-order valence-corrected chi connectivity index (χ0v) is 10.1. The summed E-state index contributed by atoms with van der Waals surface area (Å²) in [5, 5.41) is 0. The third-order valence-corrected chi connectivity index (χ3v) is 3.41. The first-order valence-electron chi connectivity index (χ1n) is 5.45. The van der Waals surface area contributed by atoms with Crippen molar-refractivity contribution in [2.45, 2.75) is 19.9 Å². The molecule has 1 aromatic heterocycles. The molecule has 4 heteroatoms. The minimum absolute atomic E-state index is 0.190. The fourth-order valence-electron chi connectivity index (χ4n) is 1.97. The maximum absolute atomic E-state index is 11.7. The number of halogens is 1. The predicted octanol–water partition coefficient (Wildman–Crippen LogP) is 1.98.